The van der Waals surface area contributed by atoms with Gasteiger partial charge in [-0.1, -0.05) is 26.8 Å². The summed E-state index contributed by atoms with van der Waals surface area (Å²) >= 11 is 1.39. The van der Waals surface area contributed by atoms with Crippen molar-refractivity contribution in [2.75, 3.05) is 19.0 Å². The number of thioether (sulfide) groups is 1. The quantitative estimate of drug-likeness (QED) is 0.169. The summed E-state index contributed by atoms with van der Waals surface area (Å²) in [6, 6.07) is 5.93. The predicted molar refractivity (Wildman–Crippen MR) is 175 cm³/mol. The van der Waals surface area contributed by atoms with E-state index in [1.165, 1.54) is 11.8 Å². The van der Waals surface area contributed by atoms with Crippen LogP contribution in [0.15, 0.2) is 18.2 Å². The fraction of sp³-hybridized carbons (Fsp3) is 0.811. The number of fused-ring (bicyclic) bond motifs is 5. The van der Waals surface area contributed by atoms with Gasteiger partial charge in [-0.25, -0.2) is 0 Å². The zero-order valence-electron chi connectivity index (χ0n) is 28.4. The molecule has 0 aromatic heterocycles. The van der Waals surface area contributed by atoms with Gasteiger partial charge in [-0.15, -0.1) is 0 Å². The third-order valence-corrected chi connectivity index (χ3v) is 13.7. The topological polar surface area (TPSA) is 54.0 Å². The molecule has 270 valence electrons. The first kappa shape index (κ1) is 36.4. The molecule has 11 heteroatoms. The highest BCUT2D eigenvalue weighted by molar-refractivity contribution is 7.99. The van der Waals surface area contributed by atoms with E-state index in [1.54, 1.807) is 0 Å². The van der Waals surface area contributed by atoms with E-state index in [-0.39, 0.29) is 76.9 Å². The lowest BCUT2D eigenvalue weighted by Gasteiger charge is -2.54. The number of carbonyl (C=O) groups excluding carboxylic acids is 1. The fourth-order valence-electron chi connectivity index (χ4n) is 9.43. The number of carbonyl (C=O) groups is 1. The summed E-state index contributed by atoms with van der Waals surface area (Å²) in [5.74, 6) is -3.77. The Kier molecular flexibility index (Phi) is 11.1. The van der Waals surface area contributed by atoms with Crippen molar-refractivity contribution in [2.24, 2.45) is 29.1 Å². The van der Waals surface area contributed by atoms with Crippen LogP contribution in [0.5, 0.6) is 5.75 Å². The Hall–Kier alpha value is -1.43. The smallest absolute Gasteiger partial charge is 0.453 e. The lowest BCUT2D eigenvalue weighted by atomic mass is 9.50. The Labute approximate surface area is 285 Å². The molecule has 2 heterocycles. The van der Waals surface area contributed by atoms with E-state index in [0.29, 0.717) is 17.9 Å². The van der Waals surface area contributed by atoms with E-state index in [4.69, 9.17) is 18.9 Å². The molecule has 10 unspecified atom stereocenters. The van der Waals surface area contributed by atoms with Crippen LogP contribution in [0.2, 0.25) is 0 Å². The molecule has 6 rings (SSSR count). The van der Waals surface area contributed by atoms with E-state index < -0.39 is 18.5 Å². The van der Waals surface area contributed by atoms with Crippen LogP contribution in [0.1, 0.15) is 120 Å². The van der Waals surface area contributed by atoms with Crippen molar-refractivity contribution < 1.29 is 45.7 Å². The molecule has 5 nitrogen and oxygen atoms in total. The van der Waals surface area contributed by atoms with Gasteiger partial charge in [0.15, 0.2) is 18.4 Å². The van der Waals surface area contributed by atoms with Gasteiger partial charge < -0.3 is 18.9 Å². The molecular formula is C37H51F5O5S. The van der Waals surface area contributed by atoms with Gasteiger partial charge in [0.2, 0.25) is 0 Å². The normalized spacial score (nSPS) is 35.3. The number of alkyl halides is 5. The Balaban J connectivity index is 1.24. The maximum atomic E-state index is 14.8. The molecule has 0 spiro atoms. The molecule has 3 aliphatic carbocycles. The molecule has 10 atom stereocenters. The van der Waals surface area contributed by atoms with Gasteiger partial charge in [0.1, 0.15) is 5.75 Å². The number of halogens is 5. The third kappa shape index (κ3) is 7.31. The summed E-state index contributed by atoms with van der Waals surface area (Å²) < 4.78 is 90.0. The molecule has 0 N–H and O–H groups in total. The standard InChI is InChI=1S/C37H51F5O5S/c1-22(23(2)48-20-8-16-36(38,39)37(40,41)42)32-33-26(15-17-35(3)28(33)13-14-29(35)47-31-10-5-7-19-45-31)25-12-11-24(21-27(25)34(32)43)46-30-9-4-6-18-44-30/h11-12,21-23,26,28-33H,4-10,13-20H2,1-3H3. The van der Waals surface area contributed by atoms with Gasteiger partial charge >= 0.3 is 12.1 Å². The van der Waals surface area contributed by atoms with Gasteiger partial charge in [0.25, 0.3) is 0 Å². The number of rotatable bonds is 11. The van der Waals surface area contributed by atoms with E-state index >= 15 is 0 Å². The molecule has 0 amide bonds. The highest BCUT2D eigenvalue weighted by Gasteiger charge is 2.60. The van der Waals surface area contributed by atoms with Crippen LogP contribution in [-0.2, 0) is 14.2 Å². The van der Waals surface area contributed by atoms with Crippen molar-refractivity contribution in [1.82, 2.24) is 0 Å². The zero-order chi connectivity index (χ0) is 34.3. The summed E-state index contributed by atoms with van der Waals surface area (Å²) in [7, 11) is 0. The molecule has 2 saturated heterocycles. The van der Waals surface area contributed by atoms with E-state index in [0.717, 1.165) is 76.4 Å². The first-order valence-electron chi connectivity index (χ1n) is 18.1. The second-order valence-corrected chi connectivity index (χ2v) is 16.6. The van der Waals surface area contributed by atoms with Crippen molar-refractivity contribution >= 4 is 17.5 Å². The molecule has 0 bridgehead atoms. The van der Waals surface area contributed by atoms with Crippen molar-refractivity contribution in [1.29, 1.82) is 0 Å². The maximum Gasteiger partial charge on any atom is 0.453 e. The highest BCUT2D eigenvalue weighted by Crippen LogP contribution is 2.64. The summed E-state index contributed by atoms with van der Waals surface area (Å²) in [6.45, 7) is 7.75. The van der Waals surface area contributed by atoms with Gasteiger partial charge in [0.05, 0.1) is 12.7 Å². The van der Waals surface area contributed by atoms with E-state index in [9.17, 15) is 26.7 Å². The molecule has 1 aromatic rings. The molecule has 1 aromatic carbocycles. The zero-order valence-corrected chi connectivity index (χ0v) is 29.2. The van der Waals surface area contributed by atoms with Crippen molar-refractivity contribution in [3.63, 3.8) is 0 Å². The second kappa shape index (κ2) is 14.7. The Morgan fingerprint density at radius 3 is 2.33 bits per heavy atom. The molecular weight excluding hydrogens is 651 g/mol. The fourth-order valence-corrected chi connectivity index (χ4v) is 10.6. The van der Waals surface area contributed by atoms with Crippen LogP contribution in [0, 0.1) is 29.1 Å². The van der Waals surface area contributed by atoms with Gasteiger partial charge in [-0.2, -0.15) is 33.7 Å². The summed E-state index contributed by atoms with van der Waals surface area (Å²) in [5, 5.41) is -0.118. The minimum Gasteiger partial charge on any atom is -0.465 e. The number of ketones is 1. The number of ether oxygens (including phenoxy) is 4. The van der Waals surface area contributed by atoms with Crippen LogP contribution in [0.3, 0.4) is 0 Å². The van der Waals surface area contributed by atoms with Gasteiger partial charge in [0, 0.05) is 36.2 Å². The second-order valence-electron chi connectivity index (χ2n) is 15.1. The highest BCUT2D eigenvalue weighted by atomic mass is 32.2. The SMILES string of the molecule is CC(SCCCC(F)(F)C(F)(F)F)C(C)C1C(=O)c2cc(OC3CCCCO3)ccc2C2CCC3(C)C(OC4CCCCO4)CCC3C21. The van der Waals surface area contributed by atoms with Crippen molar-refractivity contribution in [2.45, 2.75) is 140 Å². The van der Waals surface area contributed by atoms with Crippen molar-refractivity contribution in [3.8, 4) is 5.75 Å². The number of Topliss-reactive ketones (excluding diaryl/α,β-unsaturated/α-hetero) is 1. The first-order valence-corrected chi connectivity index (χ1v) is 19.1. The number of hydrogen-bond donors (Lipinski definition) is 0. The third-order valence-electron chi connectivity index (χ3n) is 12.2. The molecule has 0 radical (unpaired) electrons. The van der Waals surface area contributed by atoms with E-state index in [1.807, 2.05) is 19.1 Å². The first-order chi connectivity index (χ1) is 22.8. The molecule has 5 aliphatic rings. The lowest BCUT2D eigenvalue weighted by Crippen LogP contribution is -2.52. The molecule has 4 fully saturated rings. The summed E-state index contributed by atoms with van der Waals surface area (Å²) in [4.78, 5) is 14.8. The number of benzene rings is 1. The molecule has 2 saturated carbocycles. The van der Waals surface area contributed by atoms with Crippen molar-refractivity contribution in [3.05, 3.63) is 29.3 Å². The largest absolute Gasteiger partial charge is 0.465 e. The maximum absolute atomic E-state index is 14.8. The predicted octanol–water partition coefficient (Wildman–Crippen LogP) is 9.96. The van der Waals surface area contributed by atoms with E-state index in [2.05, 4.69) is 19.9 Å². The summed E-state index contributed by atoms with van der Waals surface area (Å²) in [5.41, 5.74) is 1.65. The average molecular weight is 703 g/mol. The summed E-state index contributed by atoms with van der Waals surface area (Å²) in [6.07, 6.45) is 2.15. The van der Waals surface area contributed by atoms with Gasteiger partial charge in [-0.3, -0.25) is 4.79 Å². The Morgan fingerprint density at radius 2 is 1.67 bits per heavy atom. The monoisotopic (exact) mass is 702 g/mol. The van der Waals surface area contributed by atoms with Crippen LogP contribution >= 0.6 is 11.8 Å². The van der Waals surface area contributed by atoms with Crippen LogP contribution in [0.4, 0.5) is 22.0 Å². The molecule has 48 heavy (non-hydrogen) atoms. The minimum atomic E-state index is -5.54. The average Bonchev–Trinajstić information content (AvgIpc) is 3.39. The Bertz CT molecular complexity index is 1270. The van der Waals surface area contributed by atoms with Crippen LogP contribution < -0.4 is 4.74 Å². The Morgan fingerprint density at radius 1 is 0.958 bits per heavy atom. The van der Waals surface area contributed by atoms with Gasteiger partial charge in [-0.05, 0) is 117 Å². The lowest BCUT2D eigenvalue weighted by molar-refractivity contribution is -0.284. The molecule has 2 aliphatic heterocycles. The number of hydrogen-bond acceptors (Lipinski definition) is 6. The van der Waals surface area contributed by atoms with Crippen LogP contribution in [-0.4, -0.2) is 60.8 Å². The van der Waals surface area contributed by atoms with Crippen LogP contribution in [0.25, 0.3) is 0 Å². The minimum absolute atomic E-state index is 0.0485.